The molecule has 0 radical (unpaired) electrons. The Morgan fingerprint density at radius 1 is 1.12 bits per heavy atom. The lowest BCUT2D eigenvalue weighted by Crippen LogP contribution is -2.32. The van der Waals surface area contributed by atoms with Crippen LogP contribution in [0.15, 0.2) is 36.5 Å². The number of hydrogen-bond donors (Lipinski definition) is 2. The van der Waals surface area contributed by atoms with Crippen molar-refractivity contribution in [1.29, 1.82) is 0 Å². The third-order valence-corrected chi connectivity index (χ3v) is 4.30. The van der Waals surface area contributed by atoms with Crippen LogP contribution in [0.1, 0.15) is 57.1 Å². The molecule has 2 aromatic rings. The topological polar surface area (TPSA) is 84.2 Å². The molecular weight excluding hydrogens is 330 g/mol. The first-order valence-corrected chi connectivity index (χ1v) is 8.69. The summed E-state index contributed by atoms with van der Waals surface area (Å²) in [5, 5.41) is 16.6. The Morgan fingerprint density at radius 2 is 1.73 bits per heavy atom. The molecule has 2 rings (SSSR count). The van der Waals surface area contributed by atoms with Crippen molar-refractivity contribution >= 4 is 11.9 Å². The van der Waals surface area contributed by atoms with E-state index in [0.717, 1.165) is 5.69 Å². The van der Waals surface area contributed by atoms with Crippen molar-refractivity contribution in [2.24, 2.45) is 5.41 Å². The van der Waals surface area contributed by atoms with E-state index in [2.05, 4.69) is 10.4 Å². The Morgan fingerprint density at radius 3 is 2.27 bits per heavy atom. The Kier molecular flexibility index (Phi) is 5.54. The van der Waals surface area contributed by atoms with E-state index in [1.54, 1.807) is 24.7 Å². The molecule has 0 aliphatic carbocycles. The smallest absolute Gasteiger partial charge is 0.309 e. The summed E-state index contributed by atoms with van der Waals surface area (Å²) in [6.45, 7) is 9.61. The molecule has 0 fully saturated rings. The number of nitrogens with zero attached hydrogens (tertiary/aromatic N) is 2. The van der Waals surface area contributed by atoms with E-state index in [1.807, 2.05) is 51.1 Å². The number of nitrogens with one attached hydrogen (secondary N) is 1. The van der Waals surface area contributed by atoms with Gasteiger partial charge in [-0.1, -0.05) is 39.0 Å². The standard InChI is InChI=1S/C20H27N3O3/c1-19(2,3)16-15(13-23(22-16)14-9-7-6-8-10-14)17(24)21-12-11-20(4,5)18(25)26/h6-10,13H,11-12H2,1-5H3,(H,21,24)(H,25,26). The van der Waals surface area contributed by atoms with Crippen LogP contribution in [-0.2, 0) is 10.2 Å². The second kappa shape index (κ2) is 7.32. The first-order chi connectivity index (χ1) is 12.0. The maximum absolute atomic E-state index is 12.7. The van der Waals surface area contributed by atoms with E-state index >= 15 is 0 Å². The number of carbonyl (C=O) groups excluding carboxylic acids is 1. The summed E-state index contributed by atoms with van der Waals surface area (Å²) in [4.78, 5) is 23.9. The summed E-state index contributed by atoms with van der Waals surface area (Å²) >= 11 is 0. The van der Waals surface area contributed by atoms with Crippen molar-refractivity contribution in [2.75, 3.05) is 6.54 Å². The highest BCUT2D eigenvalue weighted by Crippen LogP contribution is 2.26. The number of rotatable bonds is 6. The fourth-order valence-corrected chi connectivity index (χ4v) is 2.50. The lowest BCUT2D eigenvalue weighted by molar-refractivity contribution is -0.147. The maximum atomic E-state index is 12.7. The van der Waals surface area contributed by atoms with Gasteiger partial charge in [0, 0.05) is 18.2 Å². The molecule has 0 unspecified atom stereocenters. The Hall–Kier alpha value is -2.63. The number of amides is 1. The molecule has 1 heterocycles. The summed E-state index contributed by atoms with van der Waals surface area (Å²) in [6.07, 6.45) is 2.08. The van der Waals surface area contributed by atoms with Crippen molar-refractivity contribution < 1.29 is 14.7 Å². The van der Waals surface area contributed by atoms with E-state index in [4.69, 9.17) is 0 Å². The lowest BCUT2D eigenvalue weighted by Gasteiger charge is -2.20. The van der Waals surface area contributed by atoms with Gasteiger partial charge in [-0.2, -0.15) is 5.10 Å². The molecule has 0 saturated carbocycles. The van der Waals surface area contributed by atoms with E-state index in [0.29, 0.717) is 17.7 Å². The molecule has 0 atom stereocenters. The van der Waals surface area contributed by atoms with Gasteiger partial charge in [0.25, 0.3) is 5.91 Å². The average molecular weight is 357 g/mol. The number of carboxylic acid groups (broad SMARTS) is 1. The van der Waals surface area contributed by atoms with Crippen LogP contribution in [0.4, 0.5) is 0 Å². The minimum atomic E-state index is -0.881. The monoisotopic (exact) mass is 357 g/mol. The van der Waals surface area contributed by atoms with E-state index in [9.17, 15) is 14.7 Å². The molecule has 6 heteroatoms. The molecule has 0 spiro atoms. The van der Waals surface area contributed by atoms with Crippen LogP contribution < -0.4 is 5.32 Å². The lowest BCUT2D eigenvalue weighted by atomic mass is 9.88. The molecule has 26 heavy (non-hydrogen) atoms. The number of carboxylic acids is 1. The van der Waals surface area contributed by atoms with Crippen LogP contribution >= 0.6 is 0 Å². The van der Waals surface area contributed by atoms with E-state index in [-0.39, 0.29) is 17.9 Å². The molecular formula is C20H27N3O3. The number of aliphatic carboxylic acids is 1. The minimum Gasteiger partial charge on any atom is -0.481 e. The van der Waals surface area contributed by atoms with Crippen molar-refractivity contribution in [2.45, 2.75) is 46.5 Å². The predicted octanol–water partition coefficient (Wildman–Crippen LogP) is 3.40. The summed E-state index contributed by atoms with van der Waals surface area (Å²) < 4.78 is 1.71. The van der Waals surface area contributed by atoms with Gasteiger partial charge in [-0.15, -0.1) is 0 Å². The zero-order valence-corrected chi connectivity index (χ0v) is 16.0. The van der Waals surface area contributed by atoms with Crippen molar-refractivity contribution in [3.8, 4) is 5.69 Å². The van der Waals surface area contributed by atoms with Crippen molar-refractivity contribution in [1.82, 2.24) is 15.1 Å². The van der Waals surface area contributed by atoms with Crippen LogP contribution in [0.3, 0.4) is 0 Å². The minimum absolute atomic E-state index is 0.238. The Balaban J connectivity index is 2.23. The van der Waals surface area contributed by atoms with Gasteiger partial charge in [0.05, 0.1) is 22.4 Å². The van der Waals surface area contributed by atoms with Gasteiger partial charge in [-0.25, -0.2) is 4.68 Å². The summed E-state index contributed by atoms with van der Waals surface area (Å²) in [6, 6.07) is 9.62. The van der Waals surface area contributed by atoms with Gasteiger partial charge in [0.15, 0.2) is 0 Å². The first kappa shape index (κ1) is 19.7. The number of carbonyl (C=O) groups is 2. The zero-order valence-electron chi connectivity index (χ0n) is 16.0. The van der Waals surface area contributed by atoms with Crippen LogP contribution in [0.2, 0.25) is 0 Å². The summed E-state index contributed by atoms with van der Waals surface area (Å²) in [5.41, 5.74) is 0.913. The third kappa shape index (κ3) is 4.50. The van der Waals surface area contributed by atoms with Gasteiger partial charge in [0.2, 0.25) is 0 Å². The highest BCUT2D eigenvalue weighted by atomic mass is 16.4. The van der Waals surface area contributed by atoms with Crippen molar-refractivity contribution in [3.63, 3.8) is 0 Å². The van der Waals surface area contributed by atoms with Crippen LogP contribution in [0, 0.1) is 5.41 Å². The molecule has 0 aliphatic heterocycles. The van der Waals surface area contributed by atoms with Crippen molar-refractivity contribution in [3.05, 3.63) is 47.8 Å². The summed E-state index contributed by atoms with van der Waals surface area (Å²) in [5.74, 6) is -1.11. The molecule has 6 nitrogen and oxygen atoms in total. The highest BCUT2D eigenvalue weighted by Gasteiger charge is 2.29. The first-order valence-electron chi connectivity index (χ1n) is 8.69. The highest BCUT2D eigenvalue weighted by molar-refractivity contribution is 5.95. The second-order valence-electron chi connectivity index (χ2n) is 8.12. The molecule has 0 bridgehead atoms. The van der Waals surface area contributed by atoms with Gasteiger partial charge in [-0.3, -0.25) is 9.59 Å². The van der Waals surface area contributed by atoms with Gasteiger partial charge in [0.1, 0.15) is 0 Å². The van der Waals surface area contributed by atoms with Gasteiger partial charge < -0.3 is 10.4 Å². The molecule has 2 N–H and O–H groups in total. The largest absolute Gasteiger partial charge is 0.481 e. The number of aromatic nitrogens is 2. The van der Waals surface area contributed by atoms with E-state index < -0.39 is 11.4 Å². The van der Waals surface area contributed by atoms with Crippen LogP contribution in [0.25, 0.3) is 5.69 Å². The fourth-order valence-electron chi connectivity index (χ4n) is 2.50. The average Bonchev–Trinajstić information content (AvgIpc) is 3.01. The van der Waals surface area contributed by atoms with E-state index in [1.165, 1.54) is 0 Å². The predicted molar refractivity (Wildman–Crippen MR) is 101 cm³/mol. The molecule has 1 aromatic carbocycles. The normalized spacial score (nSPS) is 12.0. The zero-order chi connectivity index (χ0) is 19.5. The molecule has 0 aliphatic rings. The second-order valence-corrected chi connectivity index (χ2v) is 8.12. The third-order valence-electron chi connectivity index (χ3n) is 4.30. The SMILES string of the molecule is CC(C)(CCNC(=O)c1cn(-c2ccccc2)nc1C(C)(C)C)C(=O)O. The number of benzene rings is 1. The molecule has 0 saturated heterocycles. The molecule has 140 valence electrons. The van der Waals surface area contributed by atoms with Crippen LogP contribution in [-0.4, -0.2) is 33.3 Å². The Labute approximate surface area is 154 Å². The fraction of sp³-hybridized carbons (Fsp3) is 0.450. The Bertz CT molecular complexity index is 786. The maximum Gasteiger partial charge on any atom is 0.309 e. The summed E-state index contributed by atoms with van der Waals surface area (Å²) in [7, 11) is 0. The molecule has 1 aromatic heterocycles. The number of para-hydroxylation sites is 1. The van der Waals surface area contributed by atoms with Crippen LogP contribution in [0.5, 0.6) is 0 Å². The quantitative estimate of drug-likeness (QED) is 0.830. The number of hydrogen-bond acceptors (Lipinski definition) is 3. The van der Waals surface area contributed by atoms with Gasteiger partial charge >= 0.3 is 5.97 Å². The molecule has 1 amide bonds. The van der Waals surface area contributed by atoms with Gasteiger partial charge in [-0.05, 0) is 32.4 Å².